The number of hydrogen-bond donors (Lipinski definition) is 1. The highest BCUT2D eigenvalue weighted by Gasteiger charge is 2.02. The van der Waals surface area contributed by atoms with Crippen molar-refractivity contribution >= 4 is 5.91 Å². The van der Waals surface area contributed by atoms with Gasteiger partial charge in [0, 0.05) is 6.42 Å². The van der Waals surface area contributed by atoms with E-state index in [-0.39, 0.29) is 5.91 Å². The summed E-state index contributed by atoms with van der Waals surface area (Å²) in [6.07, 6.45) is 3.38. The Hall–Kier alpha value is -2.49. The fourth-order valence-corrected chi connectivity index (χ4v) is 2.43. The van der Waals surface area contributed by atoms with Crippen LogP contribution in [0.25, 0.3) is 0 Å². The summed E-state index contributed by atoms with van der Waals surface area (Å²) in [6, 6.07) is 17.8. The van der Waals surface area contributed by atoms with Crippen LogP contribution in [-0.2, 0) is 11.2 Å². The van der Waals surface area contributed by atoms with Gasteiger partial charge in [0.25, 0.3) is 0 Å². The molecule has 0 bridgehead atoms. The predicted molar refractivity (Wildman–Crippen MR) is 100 cm³/mol. The normalized spacial score (nSPS) is 10.3. The predicted octanol–water partition coefficient (Wildman–Crippen LogP) is 3.99. The summed E-state index contributed by atoms with van der Waals surface area (Å²) in [7, 11) is 0. The summed E-state index contributed by atoms with van der Waals surface area (Å²) < 4.78 is 11.2. The van der Waals surface area contributed by atoms with E-state index in [4.69, 9.17) is 9.47 Å². The molecule has 0 spiro atoms. The van der Waals surface area contributed by atoms with Crippen LogP contribution in [0.2, 0.25) is 0 Å². The van der Waals surface area contributed by atoms with Gasteiger partial charge in [-0.1, -0.05) is 43.7 Å². The minimum atomic E-state index is 0.0264. The first-order valence-corrected chi connectivity index (χ1v) is 8.94. The zero-order valence-corrected chi connectivity index (χ0v) is 14.9. The van der Waals surface area contributed by atoms with Crippen LogP contribution < -0.4 is 14.8 Å². The quantitative estimate of drug-likeness (QED) is 0.629. The Labute approximate surface area is 150 Å². The van der Waals surface area contributed by atoms with Crippen molar-refractivity contribution in [3.05, 3.63) is 60.2 Å². The average molecular weight is 341 g/mol. The first-order valence-electron chi connectivity index (χ1n) is 8.94. The molecule has 134 valence electrons. The molecule has 0 saturated heterocycles. The number of hydrogen-bond acceptors (Lipinski definition) is 3. The van der Waals surface area contributed by atoms with Crippen LogP contribution in [0.4, 0.5) is 0 Å². The molecule has 1 amide bonds. The molecule has 0 aliphatic carbocycles. The van der Waals surface area contributed by atoms with Crippen molar-refractivity contribution in [2.24, 2.45) is 0 Å². The van der Waals surface area contributed by atoms with Crippen molar-refractivity contribution in [1.82, 2.24) is 5.32 Å². The van der Waals surface area contributed by atoms with Crippen molar-refractivity contribution in [2.75, 3.05) is 19.8 Å². The second kappa shape index (κ2) is 11.1. The second-order valence-electron chi connectivity index (χ2n) is 5.86. The summed E-state index contributed by atoms with van der Waals surface area (Å²) >= 11 is 0. The maximum atomic E-state index is 11.8. The lowest BCUT2D eigenvalue weighted by Gasteiger charge is -2.09. The van der Waals surface area contributed by atoms with E-state index in [2.05, 4.69) is 24.4 Å². The largest absolute Gasteiger partial charge is 0.494 e. The molecule has 4 heteroatoms. The Kier molecular flexibility index (Phi) is 8.39. The van der Waals surface area contributed by atoms with E-state index in [1.807, 2.05) is 42.5 Å². The van der Waals surface area contributed by atoms with Crippen LogP contribution in [0, 0.1) is 0 Å². The maximum absolute atomic E-state index is 11.8. The fourth-order valence-electron chi connectivity index (χ4n) is 2.43. The van der Waals surface area contributed by atoms with E-state index in [0.717, 1.165) is 24.3 Å². The van der Waals surface area contributed by atoms with Gasteiger partial charge in [0.1, 0.15) is 18.1 Å². The van der Waals surface area contributed by atoms with E-state index >= 15 is 0 Å². The summed E-state index contributed by atoms with van der Waals surface area (Å²) in [5.74, 6) is 1.70. The maximum Gasteiger partial charge on any atom is 0.220 e. The number of rotatable bonds is 11. The number of nitrogens with one attached hydrogen (secondary N) is 1. The SMILES string of the molecule is CCCc1ccc(OCCNC(=O)CCCOc2ccccc2)cc1. The third-order valence-electron chi connectivity index (χ3n) is 3.72. The molecule has 1 N–H and O–H groups in total. The molecule has 25 heavy (non-hydrogen) atoms. The summed E-state index contributed by atoms with van der Waals surface area (Å²) in [4.78, 5) is 11.8. The fraction of sp³-hybridized carbons (Fsp3) is 0.381. The number of benzene rings is 2. The van der Waals surface area contributed by atoms with Gasteiger partial charge >= 0.3 is 0 Å². The van der Waals surface area contributed by atoms with Crippen LogP contribution >= 0.6 is 0 Å². The van der Waals surface area contributed by atoms with Gasteiger partial charge in [-0.15, -0.1) is 0 Å². The van der Waals surface area contributed by atoms with Crippen molar-refractivity contribution in [2.45, 2.75) is 32.6 Å². The molecule has 0 fully saturated rings. The molecular formula is C21H27NO3. The first-order chi connectivity index (χ1) is 12.3. The number of amides is 1. The first kappa shape index (κ1) is 18.8. The zero-order valence-electron chi connectivity index (χ0n) is 14.9. The van der Waals surface area contributed by atoms with E-state index in [9.17, 15) is 4.79 Å². The van der Waals surface area contributed by atoms with Crippen molar-refractivity contribution in [3.8, 4) is 11.5 Å². The zero-order chi connectivity index (χ0) is 17.7. The van der Waals surface area contributed by atoms with Crippen LogP contribution in [0.1, 0.15) is 31.7 Å². The number of ether oxygens (including phenoxy) is 2. The molecular weight excluding hydrogens is 314 g/mol. The van der Waals surface area contributed by atoms with Gasteiger partial charge in [-0.3, -0.25) is 4.79 Å². The van der Waals surface area contributed by atoms with Gasteiger partial charge in [0.2, 0.25) is 5.91 Å². The summed E-state index contributed by atoms with van der Waals surface area (Å²) in [5.41, 5.74) is 1.32. The van der Waals surface area contributed by atoms with E-state index < -0.39 is 0 Å². The Morgan fingerprint density at radius 2 is 1.60 bits per heavy atom. The number of para-hydroxylation sites is 1. The Morgan fingerprint density at radius 1 is 0.920 bits per heavy atom. The van der Waals surface area contributed by atoms with Crippen LogP contribution in [0.15, 0.2) is 54.6 Å². The van der Waals surface area contributed by atoms with Gasteiger partial charge in [0.15, 0.2) is 0 Å². The molecule has 0 heterocycles. The molecule has 0 aromatic heterocycles. The topological polar surface area (TPSA) is 47.6 Å². The van der Waals surface area contributed by atoms with Crippen LogP contribution in [0.5, 0.6) is 11.5 Å². The molecule has 4 nitrogen and oxygen atoms in total. The molecule has 2 aromatic carbocycles. The highest BCUT2D eigenvalue weighted by atomic mass is 16.5. The average Bonchev–Trinajstić information content (AvgIpc) is 2.65. The van der Waals surface area contributed by atoms with E-state index in [0.29, 0.717) is 32.6 Å². The lowest BCUT2D eigenvalue weighted by molar-refractivity contribution is -0.121. The summed E-state index contributed by atoms with van der Waals surface area (Å²) in [5, 5.41) is 2.86. The smallest absolute Gasteiger partial charge is 0.220 e. The minimum Gasteiger partial charge on any atom is -0.494 e. The van der Waals surface area contributed by atoms with Crippen LogP contribution in [0.3, 0.4) is 0 Å². The van der Waals surface area contributed by atoms with Crippen molar-refractivity contribution in [1.29, 1.82) is 0 Å². The Bertz CT molecular complexity index is 611. The van der Waals surface area contributed by atoms with Gasteiger partial charge in [-0.05, 0) is 42.7 Å². The highest BCUT2D eigenvalue weighted by Crippen LogP contribution is 2.13. The van der Waals surface area contributed by atoms with Crippen LogP contribution in [-0.4, -0.2) is 25.7 Å². The Morgan fingerprint density at radius 3 is 2.32 bits per heavy atom. The molecule has 0 aliphatic rings. The highest BCUT2D eigenvalue weighted by molar-refractivity contribution is 5.75. The number of aryl methyl sites for hydroxylation is 1. The molecule has 2 aromatic rings. The number of carbonyl (C=O) groups excluding carboxylic acids is 1. The molecule has 2 rings (SSSR count). The lowest BCUT2D eigenvalue weighted by Crippen LogP contribution is -2.28. The number of carbonyl (C=O) groups is 1. The third kappa shape index (κ3) is 7.75. The summed E-state index contributed by atoms with van der Waals surface area (Å²) in [6.45, 7) is 3.69. The molecule has 0 radical (unpaired) electrons. The second-order valence-corrected chi connectivity index (χ2v) is 5.86. The van der Waals surface area contributed by atoms with Crippen molar-refractivity contribution < 1.29 is 14.3 Å². The van der Waals surface area contributed by atoms with Gasteiger partial charge in [-0.25, -0.2) is 0 Å². The molecule has 0 atom stereocenters. The molecule has 0 unspecified atom stereocenters. The molecule has 0 saturated carbocycles. The van der Waals surface area contributed by atoms with Gasteiger partial charge < -0.3 is 14.8 Å². The van der Waals surface area contributed by atoms with Crippen molar-refractivity contribution in [3.63, 3.8) is 0 Å². The Balaban J connectivity index is 1.51. The monoisotopic (exact) mass is 341 g/mol. The molecule has 0 aliphatic heterocycles. The van der Waals surface area contributed by atoms with E-state index in [1.165, 1.54) is 5.56 Å². The standard InChI is InChI=1S/C21H27NO3/c1-2-7-18-11-13-20(14-12-18)25-17-15-22-21(23)10-6-16-24-19-8-4-3-5-9-19/h3-5,8-9,11-14H,2,6-7,10,15-17H2,1H3,(H,22,23). The minimum absolute atomic E-state index is 0.0264. The third-order valence-corrected chi connectivity index (χ3v) is 3.72. The van der Waals surface area contributed by atoms with Gasteiger partial charge in [0.05, 0.1) is 13.2 Å². The van der Waals surface area contributed by atoms with E-state index in [1.54, 1.807) is 0 Å². The lowest BCUT2D eigenvalue weighted by atomic mass is 10.1. The van der Waals surface area contributed by atoms with Gasteiger partial charge in [-0.2, -0.15) is 0 Å².